The van der Waals surface area contributed by atoms with Crippen LogP contribution in [0.25, 0.3) is 0 Å². The SMILES string of the molecule is CCC(COC)N1CCC(C)(NC)CC1. The van der Waals surface area contributed by atoms with Crippen LogP contribution in [0.15, 0.2) is 0 Å². The maximum Gasteiger partial charge on any atom is 0.0617 e. The molecule has 3 heteroatoms. The van der Waals surface area contributed by atoms with E-state index in [1.165, 1.54) is 32.4 Å². The van der Waals surface area contributed by atoms with Gasteiger partial charge in [-0.15, -0.1) is 0 Å². The fourth-order valence-electron chi connectivity index (χ4n) is 2.31. The van der Waals surface area contributed by atoms with Crippen LogP contribution in [0.1, 0.15) is 33.1 Å². The Kier molecular flexibility index (Phi) is 5.03. The van der Waals surface area contributed by atoms with Crippen molar-refractivity contribution in [3.63, 3.8) is 0 Å². The minimum Gasteiger partial charge on any atom is -0.383 e. The van der Waals surface area contributed by atoms with Crippen molar-refractivity contribution in [2.45, 2.75) is 44.7 Å². The summed E-state index contributed by atoms with van der Waals surface area (Å²) >= 11 is 0. The number of methoxy groups -OCH3 is 1. The molecule has 15 heavy (non-hydrogen) atoms. The Hall–Kier alpha value is -0.120. The number of piperidine rings is 1. The van der Waals surface area contributed by atoms with Crippen molar-refractivity contribution in [1.82, 2.24) is 10.2 Å². The summed E-state index contributed by atoms with van der Waals surface area (Å²) in [7, 11) is 3.87. The topological polar surface area (TPSA) is 24.5 Å². The van der Waals surface area contributed by atoms with E-state index in [0.29, 0.717) is 11.6 Å². The molecule has 0 saturated carbocycles. The molecule has 0 aromatic rings. The maximum absolute atomic E-state index is 5.27. The summed E-state index contributed by atoms with van der Waals surface area (Å²) in [4.78, 5) is 2.57. The number of ether oxygens (including phenoxy) is 1. The molecule has 0 radical (unpaired) electrons. The van der Waals surface area contributed by atoms with Gasteiger partial charge in [-0.25, -0.2) is 0 Å². The van der Waals surface area contributed by atoms with Crippen LogP contribution in [0.4, 0.5) is 0 Å². The van der Waals surface area contributed by atoms with Gasteiger partial charge in [0.1, 0.15) is 0 Å². The van der Waals surface area contributed by atoms with Crippen molar-refractivity contribution in [2.75, 3.05) is 33.9 Å². The normalized spacial score (nSPS) is 24.0. The van der Waals surface area contributed by atoms with Gasteiger partial charge in [0.15, 0.2) is 0 Å². The van der Waals surface area contributed by atoms with Gasteiger partial charge in [-0.2, -0.15) is 0 Å². The van der Waals surface area contributed by atoms with Gasteiger partial charge in [0, 0.05) is 31.8 Å². The molecular formula is C12H26N2O. The van der Waals surface area contributed by atoms with Crippen molar-refractivity contribution in [1.29, 1.82) is 0 Å². The van der Waals surface area contributed by atoms with Crippen LogP contribution in [0.3, 0.4) is 0 Å². The van der Waals surface area contributed by atoms with Crippen LogP contribution in [-0.2, 0) is 4.74 Å². The van der Waals surface area contributed by atoms with Gasteiger partial charge in [-0.3, -0.25) is 4.90 Å². The lowest BCUT2D eigenvalue weighted by molar-refractivity contribution is 0.0538. The highest BCUT2D eigenvalue weighted by atomic mass is 16.5. The van der Waals surface area contributed by atoms with Gasteiger partial charge in [-0.1, -0.05) is 6.92 Å². The van der Waals surface area contributed by atoms with Gasteiger partial charge in [0.25, 0.3) is 0 Å². The van der Waals surface area contributed by atoms with E-state index in [4.69, 9.17) is 4.74 Å². The molecule has 90 valence electrons. The zero-order valence-electron chi connectivity index (χ0n) is 10.7. The molecule has 1 aliphatic rings. The summed E-state index contributed by atoms with van der Waals surface area (Å²) in [6.45, 7) is 7.82. The van der Waals surface area contributed by atoms with E-state index in [0.717, 1.165) is 6.61 Å². The summed E-state index contributed by atoms with van der Waals surface area (Å²) in [6, 6.07) is 0.608. The first kappa shape index (κ1) is 12.9. The van der Waals surface area contributed by atoms with Crippen LogP contribution in [0, 0.1) is 0 Å². The number of nitrogens with one attached hydrogen (secondary N) is 1. The van der Waals surface area contributed by atoms with Crippen LogP contribution in [-0.4, -0.2) is 50.3 Å². The minimum atomic E-state index is 0.349. The number of hydrogen-bond acceptors (Lipinski definition) is 3. The third kappa shape index (κ3) is 3.44. The molecule has 1 aliphatic heterocycles. The van der Waals surface area contributed by atoms with Crippen molar-refractivity contribution < 1.29 is 4.74 Å². The molecule has 1 heterocycles. The van der Waals surface area contributed by atoms with Gasteiger partial charge >= 0.3 is 0 Å². The molecule has 1 atom stereocenters. The van der Waals surface area contributed by atoms with Gasteiger partial charge in [0.05, 0.1) is 6.61 Å². The van der Waals surface area contributed by atoms with Crippen LogP contribution in [0.5, 0.6) is 0 Å². The summed E-state index contributed by atoms with van der Waals surface area (Å²) in [5.74, 6) is 0. The molecule has 1 rings (SSSR count). The van der Waals surface area contributed by atoms with Crippen LogP contribution < -0.4 is 5.32 Å². The molecule has 1 unspecified atom stereocenters. The third-order valence-electron chi connectivity index (χ3n) is 3.85. The molecule has 0 spiro atoms. The van der Waals surface area contributed by atoms with E-state index in [2.05, 4.69) is 31.1 Å². The third-order valence-corrected chi connectivity index (χ3v) is 3.85. The molecule has 1 fully saturated rings. The first-order chi connectivity index (χ1) is 7.15. The lowest BCUT2D eigenvalue weighted by Gasteiger charge is -2.42. The highest BCUT2D eigenvalue weighted by Crippen LogP contribution is 2.23. The zero-order valence-corrected chi connectivity index (χ0v) is 10.7. The average Bonchev–Trinajstić information content (AvgIpc) is 2.27. The Bertz CT molecular complexity index is 176. The van der Waals surface area contributed by atoms with E-state index in [9.17, 15) is 0 Å². The Morgan fingerprint density at radius 2 is 2.00 bits per heavy atom. The fourth-order valence-corrected chi connectivity index (χ4v) is 2.31. The second kappa shape index (κ2) is 5.83. The van der Waals surface area contributed by atoms with Crippen LogP contribution >= 0.6 is 0 Å². The van der Waals surface area contributed by atoms with E-state index >= 15 is 0 Å². The molecule has 0 bridgehead atoms. The predicted octanol–water partition coefficient (Wildman–Crippen LogP) is 1.49. The first-order valence-corrected chi connectivity index (χ1v) is 6.07. The fraction of sp³-hybridized carbons (Fsp3) is 1.00. The molecule has 0 amide bonds. The molecule has 0 aromatic carbocycles. The number of nitrogens with zero attached hydrogens (tertiary/aromatic N) is 1. The molecule has 1 N–H and O–H groups in total. The number of hydrogen-bond donors (Lipinski definition) is 1. The maximum atomic E-state index is 5.27. The summed E-state index contributed by atoms with van der Waals surface area (Å²) < 4.78 is 5.27. The standard InChI is InChI=1S/C12H26N2O/c1-5-11(10-15-4)14-8-6-12(2,13-3)7-9-14/h11,13H,5-10H2,1-4H3. The molecular weight excluding hydrogens is 188 g/mol. The summed E-state index contributed by atoms with van der Waals surface area (Å²) in [6.07, 6.45) is 3.66. The van der Waals surface area contributed by atoms with Crippen LogP contribution in [0.2, 0.25) is 0 Å². The number of likely N-dealkylation sites (tertiary alicyclic amines) is 1. The first-order valence-electron chi connectivity index (χ1n) is 6.07. The van der Waals surface area contributed by atoms with E-state index in [-0.39, 0.29) is 0 Å². The Morgan fingerprint density at radius 3 is 2.40 bits per heavy atom. The highest BCUT2D eigenvalue weighted by Gasteiger charge is 2.30. The molecule has 0 aromatic heterocycles. The van der Waals surface area contributed by atoms with Crippen molar-refractivity contribution in [2.24, 2.45) is 0 Å². The Labute approximate surface area is 94.2 Å². The van der Waals surface area contributed by atoms with Crippen molar-refractivity contribution in [3.8, 4) is 0 Å². The second-order valence-corrected chi connectivity index (χ2v) is 4.86. The summed E-state index contributed by atoms with van der Waals surface area (Å²) in [5, 5.41) is 3.43. The lowest BCUT2D eigenvalue weighted by Crippen LogP contribution is -2.53. The minimum absolute atomic E-state index is 0.349. The number of rotatable bonds is 5. The Morgan fingerprint density at radius 1 is 1.40 bits per heavy atom. The molecule has 0 aliphatic carbocycles. The lowest BCUT2D eigenvalue weighted by atomic mass is 9.89. The Balaban J connectivity index is 2.41. The summed E-state index contributed by atoms with van der Waals surface area (Å²) in [5.41, 5.74) is 0.349. The largest absolute Gasteiger partial charge is 0.383 e. The van der Waals surface area contributed by atoms with E-state index < -0.39 is 0 Å². The van der Waals surface area contributed by atoms with Gasteiger partial charge in [0.2, 0.25) is 0 Å². The monoisotopic (exact) mass is 214 g/mol. The van der Waals surface area contributed by atoms with E-state index in [1.807, 2.05) is 0 Å². The quantitative estimate of drug-likeness (QED) is 0.750. The predicted molar refractivity (Wildman–Crippen MR) is 64.2 cm³/mol. The molecule has 3 nitrogen and oxygen atoms in total. The molecule has 1 saturated heterocycles. The van der Waals surface area contributed by atoms with Gasteiger partial charge < -0.3 is 10.1 Å². The van der Waals surface area contributed by atoms with E-state index in [1.54, 1.807) is 7.11 Å². The van der Waals surface area contributed by atoms with Crippen molar-refractivity contribution in [3.05, 3.63) is 0 Å². The van der Waals surface area contributed by atoms with Crippen molar-refractivity contribution >= 4 is 0 Å². The second-order valence-electron chi connectivity index (χ2n) is 4.86. The highest BCUT2D eigenvalue weighted by molar-refractivity contribution is 4.89. The van der Waals surface area contributed by atoms with Gasteiger partial charge in [-0.05, 0) is 33.2 Å². The zero-order chi connectivity index (χ0) is 11.3. The smallest absolute Gasteiger partial charge is 0.0617 e. The average molecular weight is 214 g/mol.